The molecule has 0 spiro atoms. The molecular weight excluding hydrogens is 433 g/mol. The van der Waals surface area contributed by atoms with Crippen LogP contribution < -0.4 is 0 Å². The molecule has 3 fully saturated rings. The summed E-state index contributed by atoms with van der Waals surface area (Å²) in [4.78, 5) is 13.0. The topological polar surface area (TPSA) is 52.9 Å². The number of rotatable bonds is 5. The third-order valence-corrected chi connectivity index (χ3v) is 11.5. The predicted molar refractivity (Wildman–Crippen MR) is 132 cm³/mol. The molecule has 2 heterocycles. The molecule has 2 aliphatic heterocycles. The van der Waals surface area contributed by atoms with Crippen LogP contribution in [0.2, 0.25) is 0 Å². The van der Waals surface area contributed by atoms with Crippen LogP contribution in [-0.4, -0.2) is 57.3 Å². The fourth-order valence-corrected chi connectivity index (χ4v) is 10.8. The van der Waals surface area contributed by atoms with Gasteiger partial charge in [0.15, 0.2) is 0 Å². The van der Waals surface area contributed by atoms with Crippen molar-refractivity contribution in [3.05, 3.63) is 48.0 Å². The minimum Gasteiger partial charge on any atom is -0.468 e. The van der Waals surface area contributed by atoms with E-state index in [1.54, 1.807) is 0 Å². The van der Waals surface area contributed by atoms with Gasteiger partial charge in [0.2, 0.25) is 0 Å². The van der Waals surface area contributed by atoms with Gasteiger partial charge >= 0.3 is 5.97 Å². The Balaban J connectivity index is 1.67. The second-order valence-corrected chi connectivity index (χ2v) is 12.7. The smallest absolute Gasteiger partial charge is 0.325 e. The van der Waals surface area contributed by atoms with Gasteiger partial charge in [-0.25, -0.2) is 14.0 Å². The fourth-order valence-electron chi connectivity index (χ4n) is 6.54. The van der Waals surface area contributed by atoms with Crippen LogP contribution in [0.5, 0.6) is 0 Å². The van der Waals surface area contributed by atoms with E-state index in [2.05, 4.69) is 61.3 Å². The number of carbonyl (C=O) groups is 1. The van der Waals surface area contributed by atoms with Crippen LogP contribution in [0, 0.1) is 0 Å². The summed E-state index contributed by atoms with van der Waals surface area (Å²) in [6.07, 6.45) is 4.46. The molecule has 0 bridgehead atoms. The number of carbonyl (C=O) groups excluding carboxylic acids is 1. The van der Waals surface area contributed by atoms with E-state index >= 15 is 4.57 Å². The first-order valence-electron chi connectivity index (χ1n) is 12.3. The Kier molecular flexibility index (Phi) is 5.93. The Labute approximate surface area is 197 Å². The quantitative estimate of drug-likeness (QED) is 0.323. The van der Waals surface area contributed by atoms with E-state index < -0.39 is 13.6 Å². The molecule has 1 aliphatic carbocycles. The standard InChI is InChI=1S/C26H36N3O3P/c1-17(2)27-22-15-8-9-16-23(22)28(18(3)4)33(27,31)29-24(25(29)26(30)32-5)21-14-10-12-19-11-6-7-13-20(19)21/h6-7,10-14,17-18,22-25H,8-9,15-16H2,1-5H3/t22-,23-,24+,25+,29?/m1/s1. The van der Waals surface area contributed by atoms with Crippen molar-refractivity contribution in [1.29, 1.82) is 0 Å². The molecule has 3 aliphatic rings. The van der Waals surface area contributed by atoms with Gasteiger partial charge in [-0.05, 0) is 56.9 Å². The molecule has 7 heteroatoms. The van der Waals surface area contributed by atoms with Crippen molar-refractivity contribution < 1.29 is 14.1 Å². The molecule has 5 atom stereocenters. The molecular formula is C26H36N3O3P. The van der Waals surface area contributed by atoms with Crippen LogP contribution >= 0.6 is 7.59 Å². The van der Waals surface area contributed by atoms with E-state index in [-0.39, 0.29) is 36.2 Å². The van der Waals surface area contributed by atoms with Gasteiger partial charge in [-0.2, -0.15) is 0 Å². The van der Waals surface area contributed by atoms with Gasteiger partial charge in [-0.15, -0.1) is 0 Å². The molecule has 1 unspecified atom stereocenters. The Morgan fingerprint density at radius 1 is 0.939 bits per heavy atom. The number of hydrogen-bond acceptors (Lipinski definition) is 3. The third-order valence-electron chi connectivity index (χ3n) is 7.70. The number of fused-ring (bicyclic) bond motifs is 2. The molecule has 0 aromatic heterocycles. The molecule has 2 saturated heterocycles. The summed E-state index contributed by atoms with van der Waals surface area (Å²) in [5.74, 6) is -0.301. The zero-order valence-electron chi connectivity index (χ0n) is 20.3. The van der Waals surface area contributed by atoms with Gasteiger partial charge < -0.3 is 4.74 Å². The molecule has 0 radical (unpaired) electrons. The molecule has 0 amide bonds. The maximum absolute atomic E-state index is 15.4. The van der Waals surface area contributed by atoms with Gasteiger partial charge in [-0.3, -0.25) is 9.36 Å². The lowest BCUT2D eigenvalue weighted by molar-refractivity contribution is -0.140. The van der Waals surface area contributed by atoms with E-state index in [0.29, 0.717) is 0 Å². The number of benzene rings is 2. The number of ether oxygens (including phenoxy) is 1. The average molecular weight is 470 g/mol. The van der Waals surface area contributed by atoms with Crippen molar-refractivity contribution in [1.82, 2.24) is 14.0 Å². The van der Waals surface area contributed by atoms with Crippen molar-refractivity contribution in [2.24, 2.45) is 0 Å². The highest BCUT2D eigenvalue weighted by Gasteiger charge is 2.71. The first-order valence-corrected chi connectivity index (χ1v) is 13.9. The van der Waals surface area contributed by atoms with E-state index in [4.69, 9.17) is 4.74 Å². The lowest BCUT2D eigenvalue weighted by atomic mass is 9.89. The van der Waals surface area contributed by atoms with E-state index in [1.165, 1.54) is 20.0 Å². The first-order chi connectivity index (χ1) is 15.8. The molecule has 0 N–H and O–H groups in total. The molecule has 2 aromatic carbocycles. The number of esters is 1. The second-order valence-electron chi connectivity index (χ2n) is 10.2. The van der Waals surface area contributed by atoms with Gasteiger partial charge in [0, 0.05) is 24.2 Å². The summed E-state index contributed by atoms with van der Waals surface area (Å²) < 4.78 is 27.2. The molecule has 6 nitrogen and oxygen atoms in total. The molecule has 1 saturated carbocycles. The Hall–Kier alpha value is -1.72. The van der Waals surface area contributed by atoms with Crippen LogP contribution in [0.3, 0.4) is 0 Å². The molecule has 2 aromatic rings. The van der Waals surface area contributed by atoms with E-state index in [0.717, 1.165) is 29.2 Å². The molecule has 5 rings (SSSR count). The number of hydrogen-bond donors (Lipinski definition) is 0. The third kappa shape index (κ3) is 3.41. The van der Waals surface area contributed by atoms with E-state index in [9.17, 15) is 4.79 Å². The predicted octanol–water partition coefficient (Wildman–Crippen LogP) is 5.59. The van der Waals surface area contributed by atoms with Crippen molar-refractivity contribution in [2.45, 2.75) is 89.6 Å². The minimum absolute atomic E-state index is 0.122. The normalized spacial score (nSPS) is 31.8. The van der Waals surface area contributed by atoms with Crippen LogP contribution in [0.25, 0.3) is 10.8 Å². The second kappa shape index (κ2) is 8.49. The molecule has 33 heavy (non-hydrogen) atoms. The average Bonchev–Trinajstić information content (AvgIpc) is 3.48. The number of nitrogens with zero attached hydrogens (tertiary/aromatic N) is 3. The highest BCUT2D eigenvalue weighted by molar-refractivity contribution is 7.57. The zero-order chi connectivity index (χ0) is 23.5. The van der Waals surface area contributed by atoms with Crippen LogP contribution in [0.4, 0.5) is 0 Å². The maximum atomic E-state index is 15.4. The van der Waals surface area contributed by atoms with Gasteiger partial charge in [0.25, 0.3) is 7.59 Å². The summed E-state index contributed by atoms with van der Waals surface area (Å²) >= 11 is 0. The zero-order valence-corrected chi connectivity index (χ0v) is 21.2. The lowest BCUT2D eigenvalue weighted by Gasteiger charge is -2.37. The van der Waals surface area contributed by atoms with E-state index in [1.807, 2.05) is 22.9 Å². The Morgan fingerprint density at radius 3 is 2.09 bits per heavy atom. The minimum atomic E-state index is -3.19. The van der Waals surface area contributed by atoms with Gasteiger partial charge in [0.05, 0.1) is 13.2 Å². The van der Waals surface area contributed by atoms with Crippen molar-refractivity contribution in [3.8, 4) is 0 Å². The van der Waals surface area contributed by atoms with Crippen molar-refractivity contribution >= 4 is 24.3 Å². The monoisotopic (exact) mass is 469 g/mol. The highest BCUT2D eigenvalue weighted by atomic mass is 31.2. The van der Waals surface area contributed by atoms with Gasteiger partial charge in [0.1, 0.15) is 6.04 Å². The Morgan fingerprint density at radius 2 is 1.52 bits per heavy atom. The van der Waals surface area contributed by atoms with Crippen molar-refractivity contribution in [2.75, 3.05) is 7.11 Å². The molecule has 178 valence electrons. The summed E-state index contributed by atoms with van der Waals surface area (Å²) in [7, 11) is -1.76. The summed E-state index contributed by atoms with van der Waals surface area (Å²) in [6.45, 7) is 8.58. The number of methoxy groups -OCH3 is 1. The fraction of sp³-hybridized carbons (Fsp3) is 0.577. The van der Waals surface area contributed by atoms with Crippen LogP contribution in [0.15, 0.2) is 42.5 Å². The lowest BCUT2D eigenvalue weighted by Crippen LogP contribution is -2.43. The summed E-state index contributed by atoms with van der Waals surface area (Å²) in [6, 6.07) is 14.4. The SMILES string of the molecule is COC(=O)[C@@H]1[C@H](c2cccc3ccccc23)N1P1(=O)N(C(C)C)[C@@H]2CCCC[C@H]2N1C(C)C. The van der Waals surface area contributed by atoms with Crippen molar-refractivity contribution in [3.63, 3.8) is 0 Å². The van der Waals surface area contributed by atoms with Crippen LogP contribution in [-0.2, 0) is 14.1 Å². The largest absolute Gasteiger partial charge is 0.468 e. The van der Waals surface area contributed by atoms with Crippen LogP contribution in [0.1, 0.15) is 65.0 Å². The maximum Gasteiger partial charge on any atom is 0.325 e. The summed E-state index contributed by atoms with van der Waals surface area (Å²) in [5, 5.41) is 2.24. The Bertz CT molecular complexity index is 1070. The van der Waals surface area contributed by atoms with Gasteiger partial charge in [-0.1, -0.05) is 55.3 Å². The summed E-state index contributed by atoms with van der Waals surface area (Å²) in [5.41, 5.74) is 1.06. The first kappa shape index (κ1) is 23.0. The highest BCUT2D eigenvalue weighted by Crippen LogP contribution is 2.75.